The largest absolute Gasteiger partial charge is 0.389 e. The lowest BCUT2D eigenvalue weighted by Crippen LogP contribution is -2.40. The quantitative estimate of drug-likeness (QED) is 0.793. The van der Waals surface area contributed by atoms with Crippen LogP contribution in [0.3, 0.4) is 0 Å². The van der Waals surface area contributed by atoms with Crippen LogP contribution >= 0.6 is 12.2 Å². The predicted octanol–water partition coefficient (Wildman–Crippen LogP) is 1.09. The summed E-state index contributed by atoms with van der Waals surface area (Å²) in [7, 11) is 1.68. The van der Waals surface area contributed by atoms with Crippen LogP contribution in [-0.2, 0) is 11.2 Å². The third-order valence-corrected chi connectivity index (χ3v) is 2.88. The van der Waals surface area contributed by atoms with Gasteiger partial charge in [-0.1, -0.05) is 36.5 Å². The summed E-state index contributed by atoms with van der Waals surface area (Å²) in [5.41, 5.74) is 6.31. The van der Waals surface area contributed by atoms with Crippen molar-refractivity contribution in [1.82, 2.24) is 4.90 Å². The SMILES string of the molecule is CN(CC(C)(C)O)C(=O)Cc1ccc(C(N)=S)cc1. The molecule has 4 nitrogen and oxygen atoms in total. The van der Waals surface area contributed by atoms with Crippen molar-refractivity contribution in [3.05, 3.63) is 35.4 Å². The zero-order valence-electron chi connectivity index (χ0n) is 11.5. The van der Waals surface area contributed by atoms with Crippen LogP contribution in [0.25, 0.3) is 0 Å². The number of likely N-dealkylation sites (N-methyl/N-ethyl adjacent to an activating group) is 1. The molecule has 0 radical (unpaired) electrons. The first kappa shape index (κ1) is 15.6. The van der Waals surface area contributed by atoms with Gasteiger partial charge < -0.3 is 15.7 Å². The van der Waals surface area contributed by atoms with Gasteiger partial charge >= 0.3 is 0 Å². The van der Waals surface area contributed by atoms with Gasteiger partial charge in [-0.25, -0.2) is 0 Å². The van der Waals surface area contributed by atoms with Gasteiger partial charge in [0.1, 0.15) is 4.99 Å². The molecule has 0 aliphatic rings. The fourth-order valence-corrected chi connectivity index (χ4v) is 1.90. The van der Waals surface area contributed by atoms with Crippen LogP contribution < -0.4 is 5.73 Å². The molecule has 0 saturated carbocycles. The highest BCUT2D eigenvalue weighted by atomic mass is 32.1. The first-order chi connectivity index (χ1) is 8.69. The standard InChI is InChI=1S/C14H20N2O2S/c1-14(2,18)9-16(3)12(17)8-10-4-6-11(7-5-10)13(15)19/h4-7,18H,8-9H2,1-3H3,(H2,15,19). The number of thiocarbonyl (C=S) groups is 1. The summed E-state index contributed by atoms with van der Waals surface area (Å²) in [6.45, 7) is 3.65. The molecule has 1 aromatic carbocycles. The van der Waals surface area contributed by atoms with E-state index < -0.39 is 5.60 Å². The van der Waals surface area contributed by atoms with Crippen LogP contribution in [-0.4, -0.2) is 40.1 Å². The molecular weight excluding hydrogens is 260 g/mol. The summed E-state index contributed by atoms with van der Waals surface area (Å²) >= 11 is 4.87. The molecular formula is C14H20N2O2S. The van der Waals surface area contributed by atoms with Crippen molar-refractivity contribution in [3.8, 4) is 0 Å². The molecule has 0 aliphatic carbocycles. The van der Waals surface area contributed by atoms with Gasteiger partial charge in [0.2, 0.25) is 5.91 Å². The van der Waals surface area contributed by atoms with Gasteiger partial charge in [0.15, 0.2) is 0 Å². The summed E-state index contributed by atoms with van der Waals surface area (Å²) in [6, 6.07) is 7.29. The van der Waals surface area contributed by atoms with Crippen LogP contribution in [0.1, 0.15) is 25.0 Å². The van der Waals surface area contributed by atoms with Gasteiger partial charge in [-0.05, 0) is 19.4 Å². The highest BCUT2D eigenvalue weighted by Gasteiger charge is 2.19. The van der Waals surface area contributed by atoms with Gasteiger partial charge in [-0.3, -0.25) is 4.79 Å². The monoisotopic (exact) mass is 280 g/mol. The summed E-state index contributed by atoms with van der Waals surface area (Å²) in [4.78, 5) is 13.8. The first-order valence-electron chi connectivity index (χ1n) is 6.04. The predicted molar refractivity (Wildman–Crippen MR) is 80.0 cm³/mol. The third-order valence-electron chi connectivity index (χ3n) is 2.64. The van der Waals surface area contributed by atoms with E-state index >= 15 is 0 Å². The van der Waals surface area contributed by atoms with Crippen LogP contribution in [0, 0.1) is 0 Å². The van der Waals surface area contributed by atoms with Gasteiger partial charge in [0, 0.05) is 19.2 Å². The van der Waals surface area contributed by atoms with E-state index in [1.165, 1.54) is 4.90 Å². The van der Waals surface area contributed by atoms with Gasteiger partial charge in [-0.2, -0.15) is 0 Å². The zero-order chi connectivity index (χ0) is 14.6. The van der Waals surface area contributed by atoms with E-state index in [-0.39, 0.29) is 5.91 Å². The number of carbonyl (C=O) groups is 1. The number of hydrogen-bond donors (Lipinski definition) is 2. The summed E-state index contributed by atoms with van der Waals surface area (Å²) in [5.74, 6) is -0.0369. The topological polar surface area (TPSA) is 66.6 Å². The van der Waals surface area contributed by atoms with Crippen molar-refractivity contribution in [2.24, 2.45) is 5.73 Å². The second kappa shape index (κ2) is 6.12. The van der Waals surface area contributed by atoms with E-state index in [1.54, 1.807) is 33.0 Å². The van der Waals surface area contributed by atoms with Crippen molar-refractivity contribution < 1.29 is 9.90 Å². The number of carbonyl (C=O) groups excluding carboxylic acids is 1. The highest BCUT2D eigenvalue weighted by Crippen LogP contribution is 2.08. The van der Waals surface area contributed by atoms with Crippen molar-refractivity contribution >= 4 is 23.1 Å². The van der Waals surface area contributed by atoms with Crippen LogP contribution in [0.4, 0.5) is 0 Å². The van der Waals surface area contributed by atoms with Gasteiger partial charge in [-0.15, -0.1) is 0 Å². The maximum atomic E-state index is 12.0. The van der Waals surface area contributed by atoms with Crippen LogP contribution in [0.15, 0.2) is 24.3 Å². The molecule has 0 unspecified atom stereocenters. The summed E-state index contributed by atoms with van der Waals surface area (Å²) < 4.78 is 0. The molecule has 104 valence electrons. The van der Waals surface area contributed by atoms with Crippen molar-refractivity contribution in [1.29, 1.82) is 0 Å². The third kappa shape index (κ3) is 5.36. The Hall–Kier alpha value is -1.46. The Labute approximate surface area is 119 Å². The first-order valence-corrected chi connectivity index (χ1v) is 6.45. The molecule has 0 saturated heterocycles. The van der Waals surface area contributed by atoms with Crippen LogP contribution in [0.5, 0.6) is 0 Å². The minimum atomic E-state index is -0.889. The molecule has 0 aliphatic heterocycles. The Morgan fingerprint density at radius 3 is 2.32 bits per heavy atom. The molecule has 1 amide bonds. The molecule has 0 spiro atoms. The molecule has 1 rings (SSSR count). The van der Waals surface area contributed by atoms with Crippen molar-refractivity contribution in [2.45, 2.75) is 25.9 Å². The molecule has 0 fully saturated rings. The average Bonchev–Trinajstić information content (AvgIpc) is 2.27. The number of benzene rings is 1. The Morgan fingerprint density at radius 2 is 1.89 bits per heavy atom. The number of aliphatic hydroxyl groups is 1. The van der Waals surface area contributed by atoms with Crippen molar-refractivity contribution in [2.75, 3.05) is 13.6 Å². The molecule has 5 heteroatoms. The molecule has 0 atom stereocenters. The van der Waals surface area contributed by atoms with E-state index in [2.05, 4.69) is 0 Å². The molecule has 3 N–H and O–H groups in total. The minimum absolute atomic E-state index is 0.0369. The molecule has 0 aromatic heterocycles. The normalized spacial score (nSPS) is 11.2. The number of nitrogens with two attached hydrogens (primary N) is 1. The van der Waals surface area contributed by atoms with Crippen LogP contribution in [0.2, 0.25) is 0 Å². The number of hydrogen-bond acceptors (Lipinski definition) is 3. The molecule has 19 heavy (non-hydrogen) atoms. The Bertz CT molecular complexity index is 463. The Kier molecular flexibility index (Phi) is 5.03. The maximum Gasteiger partial charge on any atom is 0.226 e. The van der Waals surface area contributed by atoms with E-state index in [9.17, 15) is 9.90 Å². The number of rotatable bonds is 5. The van der Waals surface area contributed by atoms with Gasteiger partial charge in [0.05, 0.1) is 12.0 Å². The fourth-order valence-electron chi connectivity index (χ4n) is 1.77. The average molecular weight is 280 g/mol. The van der Waals surface area contributed by atoms with E-state index in [4.69, 9.17) is 18.0 Å². The lowest BCUT2D eigenvalue weighted by Gasteiger charge is -2.25. The molecule has 1 aromatic rings. The lowest BCUT2D eigenvalue weighted by atomic mass is 10.1. The van der Waals surface area contributed by atoms with E-state index in [0.29, 0.717) is 18.0 Å². The Morgan fingerprint density at radius 1 is 1.37 bits per heavy atom. The second-order valence-corrected chi connectivity index (χ2v) is 5.74. The van der Waals surface area contributed by atoms with Gasteiger partial charge in [0.25, 0.3) is 0 Å². The minimum Gasteiger partial charge on any atom is -0.389 e. The maximum absolute atomic E-state index is 12.0. The zero-order valence-corrected chi connectivity index (χ0v) is 12.3. The highest BCUT2D eigenvalue weighted by molar-refractivity contribution is 7.80. The number of nitrogens with zero attached hydrogens (tertiary/aromatic N) is 1. The molecule has 0 heterocycles. The number of amides is 1. The summed E-state index contributed by atoms with van der Waals surface area (Å²) in [5, 5.41) is 9.68. The van der Waals surface area contributed by atoms with Crippen molar-refractivity contribution in [3.63, 3.8) is 0 Å². The lowest BCUT2D eigenvalue weighted by molar-refractivity contribution is -0.131. The fraction of sp³-hybridized carbons (Fsp3) is 0.429. The molecule has 0 bridgehead atoms. The van der Waals surface area contributed by atoms with E-state index in [0.717, 1.165) is 11.1 Å². The smallest absolute Gasteiger partial charge is 0.226 e. The Balaban J connectivity index is 2.64. The second-order valence-electron chi connectivity index (χ2n) is 5.30. The summed E-state index contributed by atoms with van der Waals surface area (Å²) in [6.07, 6.45) is 0.296. The van der Waals surface area contributed by atoms with E-state index in [1.807, 2.05) is 12.1 Å².